The van der Waals surface area contributed by atoms with E-state index in [1.807, 2.05) is 11.8 Å². The van der Waals surface area contributed by atoms with E-state index >= 15 is 0 Å². The number of anilines is 1. The molecular formula is C33H45N7O2. The first-order valence-corrected chi connectivity index (χ1v) is 15.6. The Hall–Kier alpha value is -3.64. The van der Waals surface area contributed by atoms with Gasteiger partial charge in [-0.05, 0) is 44.8 Å². The zero-order valence-electron chi connectivity index (χ0n) is 25.4. The summed E-state index contributed by atoms with van der Waals surface area (Å²) in [5.74, 6) is 1.52. The number of likely N-dealkylation sites (tertiary alicyclic amines) is 1. The third-order valence-corrected chi connectivity index (χ3v) is 8.71. The number of nitriles is 1. The lowest BCUT2D eigenvalue weighted by molar-refractivity contribution is -0.134. The van der Waals surface area contributed by atoms with Gasteiger partial charge in [0.25, 0.3) is 0 Å². The van der Waals surface area contributed by atoms with Crippen molar-refractivity contribution in [1.29, 1.82) is 5.26 Å². The van der Waals surface area contributed by atoms with Crippen LogP contribution in [0.3, 0.4) is 0 Å². The van der Waals surface area contributed by atoms with Gasteiger partial charge in [-0.25, -0.2) is 4.99 Å². The molecule has 3 heterocycles. The summed E-state index contributed by atoms with van der Waals surface area (Å²) < 4.78 is 6.37. The zero-order valence-corrected chi connectivity index (χ0v) is 25.4. The smallest absolute Gasteiger partial charge is 0.313 e. The Morgan fingerprint density at radius 3 is 2.67 bits per heavy atom. The number of amidine groups is 2. The lowest BCUT2D eigenvalue weighted by Crippen LogP contribution is -2.56. The number of carbonyl (C=O) groups excluding carboxylic acids is 1. The Morgan fingerprint density at radius 2 is 1.88 bits per heavy atom. The van der Waals surface area contributed by atoms with Gasteiger partial charge in [0.05, 0.1) is 31.2 Å². The van der Waals surface area contributed by atoms with Gasteiger partial charge in [-0.2, -0.15) is 10.3 Å². The molecule has 3 atom stereocenters. The summed E-state index contributed by atoms with van der Waals surface area (Å²) in [5, 5.41) is 12.0. The van der Waals surface area contributed by atoms with Gasteiger partial charge < -0.3 is 24.3 Å². The summed E-state index contributed by atoms with van der Waals surface area (Å²) in [4.78, 5) is 31.7. The number of carbonyl (C=O) groups is 1. The van der Waals surface area contributed by atoms with E-state index in [9.17, 15) is 10.1 Å². The summed E-state index contributed by atoms with van der Waals surface area (Å²) in [6, 6.07) is 17.7. The standard InChI is InChI=1S/C33H45N7O2/c1-4-32(41)40-20-19-39(23-28(40)14-16-34)31-13-8-17-38(30-12-7-10-27-9-5-6-11-29(27)30)21-25(2)35-33(36-31)42-24-26-15-18-37(3)22-26/h5-7,9-12,25-26,28H,4,8,13-15,17-24H2,1-3H3/t25?,26?,28-/m0/s1. The molecule has 2 saturated heterocycles. The second kappa shape index (κ2) is 14.0. The molecule has 0 bridgehead atoms. The number of hydrogen-bond acceptors (Lipinski definition) is 8. The summed E-state index contributed by atoms with van der Waals surface area (Å²) in [5.41, 5.74) is 1.23. The molecule has 9 heteroatoms. The SMILES string of the molecule is CCC(=O)N1CCN(C2=NC(OCC3CCN(C)C3)=NC(C)CN(c3cccc4ccccc34)CCC2)C[C@@H]1CC#N. The number of hydrogen-bond donors (Lipinski definition) is 0. The molecule has 0 aliphatic carbocycles. The van der Waals surface area contributed by atoms with Crippen LogP contribution in [0, 0.1) is 17.2 Å². The van der Waals surface area contributed by atoms with Crippen molar-refractivity contribution in [3.8, 4) is 6.07 Å². The molecule has 3 aliphatic rings. The minimum atomic E-state index is -0.143. The Bertz CT molecular complexity index is 1330. The van der Waals surface area contributed by atoms with E-state index in [1.165, 1.54) is 16.5 Å². The molecule has 2 aromatic rings. The lowest BCUT2D eigenvalue weighted by Gasteiger charge is -2.42. The van der Waals surface area contributed by atoms with Gasteiger partial charge in [0, 0.05) is 69.1 Å². The van der Waals surface area contributed by atoms with Crippen molar-refractivity contribution in [3.63, 3.8) is 0 Å². The molecule has 42 heavy (non-hydrogen) atoms. The van der Waals surface area contributed by atoms with Crippen molar-refractivity contribution in [3.05, 3.63) is 42.5 Å². The number of rotatable bonds is 5. The van der Waals surface area contributed by atoms with Crippen LogP contribution in [-0.2, 0) is 9.53 Å². The lowest BCUT2D eigenvalue weighted by atomic mass is 10.1. The Morgan fingerprint density at radius 1 is 1.05 bits per heavy atom. The normalized spacial score (nSPS) is 24.2. The maximum atomic E-state index is 12.6. The highest BCUT2D eigenvalue weighted by molar-refractivity contribution is 5.95. The molecule has 2 unspecified atom stereocenters. The molecular weight excluding hydrogens is 526 g/mol. The van der Waals surface area contributed by atoms with E-state index in [-0.39, 0.29) is 18.0 Å². The minimum absolute atomic E-state index is 0.0151. The maximum absolute atomic E-state index is 12.6. The average molecular weight is 572 g/mol. The van der Waals surface area contributed by atoms with Gasteiger partial charge in [0.15, 0.2) is 0 Å². The summed E-state index contributed by atoms with van der Waals surface area (Å²) in [6.07, 6.45) is 3.57. The van der Waals surface area contributed by atoms with E-state index in [0.717, 1.165) is 51.3 Å². The first-order valence-electron chi connectivity index (χ1n) is 15.6. The Kier molecular flexibility index (Phi) is 9.96. The molecule has 224 valence electrons. The zero-order chi connectivity index (χ0) is 29.5. The van der Waals surface area contributed by atoms with E-state index in [2.05, 4.69) is 77.2 Å². The predicted octanol–water partition coefficient (Wildman–Crippen LogP) is 4.39. The third kappa shape index (κ3) is 7.22. The van der Waals surface area contributed by atoms with E-state index in [4.69, 9.17) is 14.7 Å². The number of ether oxygens (including phenoxy) is 1. The average Bonchev–Trinajstić information content (AvgIpc) is 3.43. The molecule has 3 aliphatic heterocycles. The highest BCUT2D eigenvalue weighted by Gasteiger charge is 2.31. The van der Waals surface area contributed by atoms with Crippen molar-refractivity contribution in [2.24, 2.45) is 15.9 Å². The number of amides is 1. The van der Waals surface area contributed by atoms with Crippen LogP contribution < -0.4 is 4.90 Å². The molecule has 0 spiro atoms. The van der Waals surface area contributed by atoms with Crippen LogP contribution in [-0.4, -0.2) is 104 Å². The highest BCUT2D eigenvalue weighted by Crippen LogP contribution is 2.28. The molecule has 2 fully saturated rings. The number of fused-ring (bicyclic) bond motifs is 1. The molecule has 0 saturated carbocycles. The third-order valence-electron chi connectivity index (χ3n) is 8.71. The molecule has 2 aromatic carbocycles. The monoisotopic (exact) mass is 571 g/mol. The van der Waals surface area contributed by atoms with E-state index in [0.29, 0.717) is 51.0 Å². The van der Waals surface area contributed by atoms with Crippen LogP contribution in [0.2, 0.25) is 0 Å². The molecule has 0 radical (unpaired) electrons. The van der Waals surface area contributed by atoms with Gasteiger partial charge >= 0.3 is 6.02 Å². The first-order chi connectivity index (χ1) is 20.4. The number of aliphatic imine (C=N–C) groups is 2. The topological polar surface area (TPSA) is 87.8 Å². The van der Waals surface area contributed by atoms with Crippen molar-refractivity contribution in [2.45, 2.75) is 58.0 Å². The molecule has 0 aromatic heterocycles. The van der Waals surface area contributed by atoms with Crippen LogP contribution in [0.4, 0.5) is 5.69 Å². The fraction of sp³-hybridized carbons (Fsp3) is 0.576. The summed E-state index contributed by atoms with van der Waals surface area (Å²) in [7, 11) is 2.15. The minimum Gasteiger partial charge on any atom is -0.463 e. The molecule has 9 nitrogen and oxygen atoms in total. The fourth-order valence-corrected chi connectivity index (χ4v) is 6.52. The van der Waals surface area contributed by atoms with Gasteiger partial charge in [-0.15, -0.1) is 0 Å². The molecule has 5 rings (SSSR count). The molecule has 1 amide bonds. The van der Waals surface area contributed by atoms with Gasteiger partial charge in [-0.1, -0.05) is 43.3 Å². The first kappa shape index (κ1) is 29.8. The number of benzene rings is 2. The largest absolute Gasteiger partial charge is 0.463 e. The van der Waals surface area contributed by atoms with Crippen LogP contribution in [0.15, 0.2) is 52.4 Å². The Balaban J connectivity index is 1.42. The second-order valence-corrected chi connectivity index (χ2v) is 12.0. The van der Waals surface area contributed by atoms with Crippen LogP contribution in [0.5, 0.6) is 0 Å². The Labute approximate surface area is 250 Å². The quantitative estimate of drug-likeness (QED) is 0.529. The van der Waals surface area contributed by atoms with E-state index in [1.54, 1.807) is 0 Å². The molecule has 0 N–H and O–H groups in total. The van der Waals surface area contributed by atoms with Crippen molar-refractivity contribution < 1.29 is 9.53 Å². The second-order valence-electron chi connectivity index (χ2n) is 12.0. The van der Waals surface area contributed by atoms with E-state index < -0.39 is 0 Å². The van der Waals surface area contributed by atoms with Gasteiger partial charge in [-0.3, -0.25) is 4.79 Å². The van der Waals surface area contributed by atoms with Crippen molar-refractivity contribution in [1.82, 2.24) is 14.7 Å². The number of piperazine rings is 1. The van der Waals surface area contributed by atoms with Crippen LogP contribution >= 0.6 is 0 Å². The number of nitrogens with zero attached hydrogens (tertiary/aromatic N) is 7. The van der Waals surface area contributed by atoms with Gasteiger partial charge in [0.2, 0.25) is 5.91 Å². The predicted molar refractivity (Wildman–Crippen MR) is 169 cm³/mol. The fourth-order valence-electron chi connectivity index (χ4n) is 6.52. The summed E-state index contributed by atoms with van der Waals surface area (Å²) >= 11 is 0. The van der Waals surface area contributed by atoms with Crippen molar-refractivity contribution in [2.75, 3.05) is 64.4 Å². The maximum Gasteiger partial charge on any atom is 0.313 e. The summed E-state index contributed by atoms with van der Waals surface area (Å²) in [6.45, 7) is 10.3. The van der Waals surface area contributed by atoms with Crippen molar-refractivity contribution >= 4 is 34.2 Å². The van der Waals surface area contributed by atoms with Gasteiger partial charge in [0.1, 0.15) is 5.84 Å². The highest BCUT2D eigenvalue weighted by atomic mass is 16.5. The van der Waals surface area contributed by atoms with Crippen LogP contribution in [0.1, 0.15) is 46.0 Å². The van der Waals surface area contributed by atoms with Crippen LogP contribution in [0.25, 0.3) is 10.8 Å².